The third-order valence-electron chi connectivity index (χ3n) is 5.05. The van der Waals surface area contributed by atoms with Crippen molar-refractivity contribution in [3.05, 3.63) is 0 Å². The lowest BCUT2D eigenvalue weighted by molar-refractivity contribution is 0.125. The number of hydrogen-bond donors (Lipinski definition) is 1. The summed E-state index contributed by atoms with van der Waals surface area (Å²) >= 11 is 0. The molecule has 106 valence electrons. The molecule has 1 saturated heterocycles. The molecule has 18 heavy (non-hydrogen) atoms. The van der Waals surface area contributed by atoms with Gasteiger partial charge in [-0.1, -0.05) is 12.8 Å². The van der Waals surface area contributed by atoms with Crippen LogP contribution in [0.5, 0.6) is 0 Å². The predicted octanol–water partition coefficient (Wildman–Crippen LogP) is 1.93. The Kier molecular flexibility index (Phi) is 5.46. The van der Waals surface area contributed by atoms with Crippen LogP contribution in [-0.4, -0.2) is 61.7 Å². The second-order valence-corrected chi connectivity index (χ2v) is 6.30. The van der Waals surface area contributed by atoms with Gasteiger partial charge < -0.3 is 10.2 Å². The first-order chi connectivity index (χ1) is 8.72. The van der Waals surface area contributed by atoms with Gasteiger partial charge in [-0.05, 0) is 53.2 Å². The molecule has 1 N–H and O–H groups in total. The van der Waals surface area contributed by atoms with Crippen LogP contribution in [0, 0.1) is 0 Å². The van der Waals surface area contributed by atoms with E-state index in [2.05, 4.69) is 36.1 Å². The van der Waals surface area contributed by atoms with Crippen LogP contribution in [0.2, 0.25) is 0 Å². The van der Waals surface area contributed by atoms with E-state index in [1.807, 2.05) is 0 Å². The zero-order chi connectivity index (χ0) is 13.0. The van der Waals surface area contributed by atoms with Crippen LogP contribution in [0.15, 0.2) is 0 Å². The summed E-state index contributed by atoms with van der Waals surface area (Å²) in [6, 6.07) is 2.38. The highest BCUT2D eigenvalue weighted by atomic mass is 15.3. The molecule has 2 rings (SSSR count). The van der Waals surface area contributed by atoms with E-state index in [0.717, 1.165) is 24.7 Å². The third-order valence-corrected chi connectivity index (χ3v) is 5.05. The summed E-state index contributed by atoms with van der Waals surface area (Å²) in [7, 11) is 4.37. The molecule has 0 aromatic carbocycles. The first-order valence-corrected chi connectivity index (χ1v) is 7.83. The maximum absolute atomic E-state index is 3.33. The molecule has 3 heteroatoms. The van der Waals surface area contributed by atoms with Gasteiger partial charge in [-0.3, -0.25) is 4.90 Å². The Balaban J connectivity index is 2.01. The van der Waals surface area contributed by atoms with Gasteiger partial charge in [0.25, 0.3) is 0 Å². The highest BCUT2D eigenvalue weighted by Gasteiger charge is 2.32. The number of nitrogens with one attached hydrogen (secondary N) is 1. The van der Waals surface area contributed by atoms with Gasteiger partial charge in [0.2, 0.25) is 0 Å². The maximum Gasteiger partial charge on any atom is 0.0238 e. The fraction of sp³-hybridized carbons (Fsp3) is 1.00. The summed E-state index contributed by atoms with van der Waals surface area (Å²) in [5.41, 5.74) is 0. The molecule has 0 aromatic rings. The van der Waals surface area contributed by atoms with Gasteiger partial charge in [0, 0.05) is 31.2 Å². The first kappa shape index (κ1) is 14.3. The van der Waals surface area contributed by atoms with E-state index in [1.165, 1.54) is 51.6 Å². The van der Waals surface area contributed by atoms with Gasteiger partial charge in [-0.2, -0.15) is 0 Å². The van der Waals surface area contributed by atoms with Crippen LogP contribution < -0.4 is 5.32 Å². The van der Waals surface area contributed by atoms with Crippen molar-refractivity contribution in [2.45, 2.75) is 63.6 Å². The first-order valence-electron chi connectivity index (χ1n) is 7.83. The Bertz CT molecular complexity index is 238. The van der Waals surface area contributed by atoms with Crippen molar-refractivity contribution in [2.75, 3.05) is 33.7 Å². The van der Waals surface area contributed by atoms with E-state index >= 15 is 0 Å². The Hall–Kier alpha value is -0.120. The van der Waals surface area contributed by atoms with Crippen LogP contribution in [0.3, 0.4) is 0 Å². The van der Waals surface area contributed by atoms with Gasteiger partial charge in [-0.15, -0.1) is 0 Å². The minimum atomic E-state index is 0.744. The number of likely N-dealkylation sites (N-methyl/N-ethyl adjacent to an activating group) is 1. The van der Waals surface area contributed by atoms with Crippen molar-refractivity contribution in [1.29, 1.82) is 0 Å². The molecule has 2 fully saturated rings. The number of hydrogen-bond acceptors (Lipinski definition) is 3. The van der Waals surface area contributed by atoms with Crippen LogP contribution in [-0.2, 0) is 0 Å². The van der Waals surface area contributed by atoms with Crippen molar-refractivity contribution in [3.63, 3.8) is 0 Å². The number of nitrogens with zero attached hydrogens (tertiary/aromatic N) is 2. The Morgan fingerprint density at radius 3 is 2.56 bits per heavy atom. The Morgan fingerprint density at radius 2 is 1.89 bits per heavy atom. The van der Waals surface area contributed by atoms with Gasteiger partial charge in [0.1, 0.15) is 0 Å². The van der Waals surface area contributed by atoms with Gasteiger partial charge in [0.05, 0.1) is 0 Å². The van der Waals surface area contributed by atoms with E-state index in [4.69, 9.17) is 0 Å². The molecule has 0 bridgehead atoms. The lowest BCUT2D eigenvalue weighted by Crippen LogP contribution is -2.46. The quantitative estimate of drug-likeness (QED) is 0.826. The minimum Gasteiger partial charge on any atom is -0.320 e. The molecule has 1 aliphatic carbocycles. The molecule has 1 heterocycles. The van der Waals surface area contributed by atoms with E-state index in [1.54, 1.807) is 0 Å². The summed E-state index contributed by atoms with van der Waals surface area (Å²) in [6.45, 7) is 6.09. The zero-order valence-corrected chi connectivity index (χ0v) is 12.5. The van der Waals surface area contributed by atoms with Crippen molar-refractivity contribution >= 4 is 0 Å². The molecule has 1 aliphatic heterocycles. The topological polar surface area (TPSA) is 18.5 Å². The molecule has 2 aliphatic rings. The second kappa shape index (κ2) is 6.88. The Morgan fingerprint density at radius 1 is 1.17 bits per heavy atom. The highest BCUT2D eigenvalue weighted by Crippen LogP contribution is 2.28. The monoisotopic (exact) mass is 253 g/mol. The van der Waals surface area contributed by atoms with E-state index in [9.17, 15) is 0 Å². The average Bonchev–Trinajstić information content (AvgIpc) is 2.84. The number of rotatable bonds is 4. The van der Waals surface area contributed by atoms with Crippen LogP contribution in [0.1, 0.15) is 45.4 Å². The van der Waals surface area contributed by atoms with Gasteiger partial charge in [0.15, 0.2) is 0 Å². The molecule has 0 amide bonds. The molecule has 0 spiro atoms. The lowest BCUT2D eigenvalue weighted by Gasteiger charge is -2.35. The van der Waals surface area contributed by atoms with E-state index in [0.29, 0.717) is 0 Å². The fourth-order valence-corrected chi connectivity index (χ4v) is 3.64. The molecule has 3 nitrogen and oxygen atoms in total. The van der Waals surface area contributed by atoms with Crippen LogP contribution in [0.25, 0.3) is 0 Å². The average molecular weight is 253 g/mol. The van der Waals surface area contributed by atoms with E-state index in [-0.39, 0.29) is 0 Å². The molecule has 2 unspecified atom stereocenters. The van der Waals surface area contributed by atoms with E-state index < -0.39 is 0 Å². The second-order valence-electron chi connectivity index (χ2n) is 6.30. The van der Waals surface area contributed by atoms with Crippen molar-refractivity contribution in [1.82, 2.24) is 15.1 Å². The minimum absolute atomic E-state index is 0.744. The smallest absolute Gasteiger partial charge is 0.0238 e. The molecule has 1 saturated carbocycles. The predicted molar refractivity (Wildman–Crippen MR) is 78.0 cm³/mol. The lowest BCUT2D eigenvalue weighted by atomic mass is 10.1. The molecule has 0 aromatic heterocycles. The Labute approximate surface area is 113 Å². The van der Waals surface area contributed by atoms with Crippen LogP contribution in [0.4, 0.5) is 0 Å². The largest absolute Gasteiger partial charge is 0.320 e. The summed E-state index contributed by atoms with van der Waals surface area (Å²) in [4.78, 5) is 5.42. The van der Waals surface area contributed by atoms with Crippen LogP contribution >= 0.6 is 0 Å². The summed E-state index contributed by atoms with van der Waals surface area (Å²) in [6.07, 6.45) is 8.41. The normalized spacial score (nSPS) is 32.8. The fourth-order valence-electron chi connectivity index (χ4n) is 3.64. The molecule has 2 atom stereocenters. The molecular formula is C15H31N3. The summed E-state index contributed by atoms with van der Waals surface area (Å²) in [5, 5.41) is 3.33. The van der Waals surface area contributed by atoms with Crippen molar-refractivity contribution < 1.29 is 0 Å². The molecular weight excluding hydrogens is 222 g/mol. The van der Waals surface area contributed by atoms with Gasteiger partial charge >= 0.3 is 0 Å². The standard InChI is InChI=1S/C15H31N3/c1-13-9-11-18(14-6-4-5-7-14)15(8-10-16-2)12-17(13)3/h13-16H,4-12H2,1-3H3. The zero-order valence-electron chi connectivity index (χ0n) is 12.5. The SMILES string of the molecule is CNCCC1CN(C)C(C)CCN1C1CCCC1. The third kappa shape index (κ3) is 3.46. The van der Waals surface area contributed by atoms with Crippen molar-refractivity contribution in [2.24, 2.45) is 0 Å². The maximum atomic E-state index is 3.33. The highest BCUT2D eigenvalue weighted by molar-refractivity contribution is 4.88. The summed E-state index contributed by atoms with van der Waals surface area (Å²) < 4.78 is 0. The molecule has 0 radical (unpaired) electrons. The van der Waals surface area contributed by atoms with Crippen molar-refractivity contribution in [3.8, 4) is 0 Å². The summed E-state index contributed by atoms with van der Waals surface area (Å²) in [5.74, 6) is 0. The van der Waals surface area contributed by atoms with Gasteiger partial charge in [-0.25, -0.2) is 0 Å².